The van der Waals surface area contributed by atoms with Crippen molar-refractivity contribution in [2.45, 2.75) is 6.54 Å². The molecule has 1 atom stereocenters. The number of carbonyl (C=O) groups excluding carboxylic acids is 1. The second-order valence-corrected chi connectivity index (χ2v) is 6.05. The average molecular weight is 294 g/mol. The van der Waals surface area contributed by atoms with E-state index < -0.39 is 11.0 Å². The fourth-order valence-electron chi connectivity index (χ4n) is 2.20. The molecule has 6 nitrogen and oxygen atoms in total. The first-order valence-corrected chi connectivity index (χ1v) is 7.59. The topological polar surface area (TPSA) is 80.4 Å². The molecule has 1 amide bonds. The maximum atomic E-state index is 12.0. The van der Waals surface area contributed by atoms with E-state index >= 15 is 0 Å². The van der Waals surface area contributed by atoms with Gasteiger partial charge in [-0.3, -0.25) is 14.2 Å². The Bertz CT molecular complexity index is 678. The molecule has 1 heterocycles. The van der Waals surface area contributed by atoms with Crippen molar-refractivity contribution in [2.75, 3.05) is 20.4 Å². The standard InChI is InChI=1S/C13H18N4O2S/c1-16(2)8-11-6-9-4-5-10(13(18)15-14)7-12(9)17(11)20(3)19/h4-7H,8,14H2,1-3H3,(H,15,18). The number of benzene rings is 1. The third-order valence-corrected chi connectivity index (χ3v) is 3.91. The number of nitrogens with zero attached hydrogens (tertiary/aromatic N) is 2. The van der Waals surface area contributed by atoms with Gasteiger partial charge in [-0.2, -0.15) is 0 Å². The van der Waals surface area contributed by atoms with Gasteiger partial charge in [0, 0.05) is 29.4 Å². The molecule has 0 bridgehead atoms. The molecule has 0 aliphatic carbocycles. The van der Waals surface area contributed by atoms with Crippen LogP contribution in [0.25, 0.3) is 10.9 Å². The highest BCUT2D eigenvalue weighted by molar-refractivity contribution is 7.82. The summed E-state index contributed by atoms with van der Waals surface area (Å²) in [6.45, 7) is 0.673. The molecule has 1 aromatic carbocycles. The Hall–Kier alpha value is -1.70. The smallest absolute Gasteiger partial charge is 0.265 e. The summed E-state index contributed by atoms with van der Waals surface area (Å²) in [5, 5.41) is 0.950. The van der Waals surface area contributed by atoms with Gasteiger partial charge >= 0.3 is 0 Å². The molecule has 20 heavy (non-hydrogen) atoms. The lowest BCUT2D eigenvalue weighted by atomic mass is 10.1. The first-order chi connectivity index (χ1) is 9.43. The molecular weight excluding hydrogens is 276 g/mol. The molecule has 0 aliphatic heterocycles. The van der Waals surface area contributed by atoms with Crippen LogP contribution in [-0.4, -0.2) is 39.3 Å². The van der Waals surface area contributed by atoms with Gasteiger partial charge in [-0.05, 0) is 32.3 Å². The van der Waals surface area contributed by atoms with Crippen LogP contribution in [-0.2, 0) is 17.5 Å². The van der Waals surface area contributed by atoms with Crippen molar-refractivity contribution in [3.8, 4) is 0 Å². The molecule has 1 unspecified atom stereocenters. The normalized spacial score (nSPS) is 12.8. The number of amides is 1. The summed E-state index contributed by atoms with van der Waals surface area (Å²) in [5.74, 6) is 4.78. The first-order valence-electron chi connectivity index (χ1n) is 6.08. The van der Waals surface area contributed by atoms with Crippen molar-refractivity contribution in [3.63, 3.8) is 0 Å². The Balaban J connectivity index is 2.64. The highest BCUT2D eigenvalue weighted by atomic mass is 32.2. The zero-order valence-corrected chi connectivity index (χ0v) is 12.5. The lowest BCUT2D eigenvalue weighted by molar-refractivity contribution is 0.0954. The molecule has 0 saturated carbocycles. The van der Waals surface area contributed by atoms with E-state index in [2.05, 4.69) is 5.43 Å². The summed E-state index contributed by atoms with van der Waals surface area (Å²) in [6, 6.07) is 7.23. The second kappa shape index (κ2) is 5.74. The summed E-state index contributed by atoms with van der Waals surface area (Å²) in [7, 11) is 2.71. The number of carbonyl (C=O) groups is 1. The van der Waals surface area contributed by atoms with Gasteiger partial charge < -0.3 is 4.90 Å². The van der Waals surface area contributed by atoms with Gasteiger partial charge in [-0.15, -0.1) is 0 Å². The van der Waals surface area contributed by atoms with Crippen molar-refractivity contribution in [1.29, 1.82) is 0 Å². The summed E-state index contributed by atoms with van der Waals surface area (Å²) < 4.78 is 13.7. The number of fused-ring (bicyclic) bond motifs is 1. The van der Waals surface area contributed by atoms with Gasteiger partial charge in [0.2, 0.25) is 0 Å². The van der Waals surface area contributed by atoms with Gasteiger partial charge in [0.25, 0.3) is 5.91 Å². The lowest BCUT2D eigenvalue weighted by Crippen LogP contribution is -2.29. The number of rotatable bonds is 4. The van der Waals surface area contributed by atoms with E-state index in [9.17, 15) is 9.00 Å². The molecule has 2 aromatic rings. The molecule has 3 N–H and O–H groups in total. The van der Waals surface area contributed by atoms with Crippen LogP contribution in [0.1, 0.15) is 16.1 Å². The van der Waals surface area contributed by atoms with E-state index in [0.29, 0.717) is 12.1 Å². The Morgan fingerprint density at radius 3 is 2.65 bits per heavy atom. The SMILES string of the molecule is CN(C)Cc1cc2ccc(C(=O)NN)cc2n1S(C)=O. The zero-order chi connectivity index (χ0) is 14.9. The minimum Gasteiger partial charge on any atom is -0.304 e. The summed E-state index contributed by atoms with van der Waals surface area (Å²) in [4.78, 5) is 13.6. The Morgan fingerprint density at radius 1 is 1.40 bits per heavy atom. The largest absolute Gasteiger partial charge is 0.304 e. The second-order valence-electron chi connectivity index (χ2n) is 4.84. The molecular formula is C13H18N4O2S. The Morgan fingerprint density at radius 2 is 2.10 bits per heavy atom. The van der Waals surface area contributed by atoms with Crippen molar-refractivity contribution in [2.24, 2.45) is 5.84 Å². The molecule has 0 saturated heterocycles. The van der Waals surface area contributed by atoms with E-state index in [1.165, 1.54) is 0 Å². The van der Waals surface area contributed by atoms with E-state index in [1.807, 2.05) is 31.1 Å². The molecule has 2 rings (SSSR count). The molecule has 108 valence electrons. The number of nitrogens with two attached hydrogens (primary N) is 1. The minimum absolute atomic E-state index is 0.365. The van der Waals surface area contributed by atoms with E-state index in [0.717, 1.165) is 16.6 Å². The predicted molar refractivity (Wildman–Crippen MR) is 80.4 cm³/mol. The molecule has 1 aromatic heterocycles. The van der Waals surface area contributed by atoms with Crippen LogP contribution in [0.5, 0.6) is 0 Å². The third-order valence-electron chi connectivity index (χ3n) is 2.96. The van der Waals surface area contributed by atoms with Crippen LogP contribution >= 0.6 is 0 Å². The lowest BCUT2D eigenvalue weighted by Gasteiger charge is -2.12. The van der Waals surface area contributed by atoms with Gasteiger partial charge in [0.05, 0.1) is 5.52 Å². The molecule has 0 aliphatic rings. The van der Waals surface area contributed by atoms with Gasteiger partial charge in [0.1, 0.15) is 11.0 Å². The molecule has 0 spiro atoms. The van der Waals surface area contributed by atoms with Crippen molar-refractivity contribution in [3.05, 3.63) is 35.5 Å². The third kappa shape index (κ3) is 2.74. The summed E-state index contributed by atoms with van der Waals surface area (Å²) >= 11 is 0. The maximum Gasteiger partial charge on any atom is 0.265 e. The highest BCUT2D eigenvalue weighted by Crippen LogP contribution is 2.23. The van der Waals surface area contributed by atoms with Gasteiger partial charge in [-0.1, -0.05) is 6.07 Å². The number of hydrazine groups is 1. The van der Waals surface area contributed by atoms with Gasteiger partial charge in [-0.25, -0.2) is 10.1 Å². The zero-order valence-electron chi connectivity index (χ0n) is 11.7. The number of hydrogen-bond acceptors (Lipinski definition) is 4. The molecule has 7 heteroatoms. The minimum atomic E-state index is -1.20. The molecule has 0 radical (unpaired) electrons. The van der Waals surface area contributed by atoms with Crippen LogP contribution in [0.15, 0.2) is 24.3 Å². The summed E-state index contributed by atoms with van der Waals surface area (Å²) in [6.07, 6.45) is 1.62. The number of hydrogen-bond donors (Lipinski definition) is 2. The van der Waals surface area contributed by atoms with Crippen molar-refractivity contribution >= 4 is 27.8 Å². The number of aromatic nitrogens is 1. The molecule has 0 fully saturated rings. The average Bonchev–Trinajstić information content (AvgIpc) is 2.73. The van der Waals surface area contributed by atoms with Gasteiger partial charge in [0.15, 0.2) is 0 Å². The van der Waals surface area contributed by atoms with Crippen LogP contribution in [0.3, 0.4) is 0 Å². The van der Waals surface area contributed by atoms with Crippen LogP contribution in [0, 0.1) is 0 Å². The van der Waals surface area contributed by atoms with Crippen LogP contribution < -0.4 is 11.3 Å². The van der Waals surface area contributed by atoms with E-state index in [4.69, 9.17) is 5.84 Å². The number of nitrogen functional groups attached to an aromatic ring is 1. The fraction of sp³-hybridized carbons (Fsp3) is 0.308. The maximum absolute atomic E-state index is 12.0. The monoisotopic (exact) mass is 294 g/mol. The quantitative estimate of drug-likeness (QED) is 0.487. The summed E-state index contributed by atoms with van der Waals surface area (Å²) in [5.41, 5.74) is 4.26. The Labute approximate surface area is 120 Å². The Kier molecular flexibility index (Phi) is 4.22. The van der Waals surface area contributed by atoms with Crippen molar-refractivity contribution in [1.82, 2.24) is 14.3 Å². The highest BCUT2D eigenvalue weighted by Gasteiger charge is 2.14. The van der Waals surface area contributed by atoms with E-state index in [1.54, 1.807) is 22.4 Å². The van der Waals surface area contributed by atoms with Crippen LogP contribution in [0.2, 0.25) is 0 Å². The predicted octanol–water partition coefficient (Wildman–Crippen LogP) is 0.448. The van der Waals surface area contributed by atoms with Crippen LogP contribution in [0.4, 0.5) is 0 Å². The fourth-order valence-corrected chi connectivity index (χ4v) is 3.07. The first kappa shape index (κ1) is 14.7. The number of nitrogens with one attached hydrogen (secondary N) is 1. The van der Waals surface area contributed by atoms with Crippen molar-refractivity contribution < 1.29 is 9.00 Å². The van der Waals surface area contributed by atoms with E-state index in [-0.39, 0.29) is 5.91 Å².